The zero-order chi connectivity index (χ0) is 16.0. The lowest BCUT2D eigenvalue weighted by atomic mass is 10.0. The van der Waals surface area contributed by atoms with Gasteiger partial charge in [0.1, 0.15) is 11.4 Å². The summed E-state index contributed by atoms with van der Waals surface area (Å²) in [5, 5.41) is 17.3. The summed E-state index contributed by atoms with van der Waals surface area (Å²) in [6.07, 6.45) is 1.61. The molecule has 0 aliphatic heterocycles. The molecule has 0 bridgehead atoms. The molecule has 2 aromatic rings. The number of carbonyl (C=O) groups is 2. The predicted octanol–water partition coefficient (Wildman–Crippen LogP) is 1.48. The van der Waals surface area contributed by atoms with E-state index in [2.05, 4.69) is 10.6 Å². The number of aliphatic hydroxyl groups is 1. The van der Waals surface area contributed by atoms with Gasteiger partial charge in [0.25, 0.3) is 5.91 Å². The molecule has 118 valence electrons. The molecule has 2 rings (SSSR count). The molecule has 6 nitrogen and oxygen atoms in total. The number of hydrogen-bond donors (Lipinski definition) is 3. The summed E-state index contributed by atoms with van der Waals surface area (Å²) in [6.45, 7) is 1.84. The van der Waals surface area contributed by atoms with Crippen molar-refractivity contribution >= 4 is 23.2 Å². The van der Waals surface area contributed by atoms with Crippen molar-refractivity contribution in [2.24, 2.45) is 0 Å². The fourth-order valence-electron chi connectivity index (χ4n) is 1.82. The van der Waals surface area contributed by atoms with Crippen molar-refractivity contribution < 1.29 is 19.1 Å². The quantitative estimate of drug-likeness (QED) is 0.720. The lowest BCUT2D eigenvalue weighted by molar-refractivity contribution is -0.122. The number of nitrogens with one attached hydrogen (secondary N) is 2. The van der Waals surface area contributed by atoms with Gasteiger partial charge in [-0.15, -0.1) is 11.3 Å². The average Bonchev–Trinajstić information content (AvgIpc) is 3.17. The predicted molar refractivity (Wildman–Crippen MR) is 82.6 cm³/mol. The van der Waals surface area contributed by atoms with Crippen LogP contribution >= 0.6 is 11.3 Å². The second-order valence-corrected chi connectivity index (χ2v) is 5.96. The van der Waals surface area contributed by atoms with Crippen LogP contribution in [0.3, 0.4) is 0 Å². The van der Waals surface area contributed by atoms with E-state index in [1.807, 2.05) is 5.38 Å². The lowest BCUT2D eigenvalue weighted by Crippen LogP contribution is -2.39. The minimum Gasteiger partial charge on any atom is -0.466 e. The Morgan fingerprint density at radius 1 is 1.32 bits per heavy atom. The van der Waals surface area contributed by atoms with Gasteiger partial charge in [0, 0.05) is 13.0 Å². The highest BCUT2D eigenvalue weighted by Gasteiger charge is 2.26. The van der Waals surface area contributed by atoms with Crippen molar-refractivity contribution in [2.45, 2.75) is 18.9 Å². The molecule has 22 heavy (non-hydrogen) atoms. The minimum absolute atomic E-state index is 0.0399. The summed E-state index contributed by atoms with van der Waals surface area (Å²) < 4.78 is 5.13. The Labute approximate surface area is 132 Å². The third-order valence-corrected chi connectivity index (χ3v) is 3.93. The van der Waals surface area contributed by atoms with Crippen LogP contribution in [-0.4, -0.2) is 30.0 Å². The molecule has 0 radical (unpaired) electrons. The Balaban J connectivity index is 1.69. The molecule has 0 aliphatic rings. The summed E-state index contributed by atoms with van der Waals surface area (Å²) in [5.41, 5.74) is -1.26. The molecule has 0 saturated heterocycles. The van der Waals surface area contributed by atoms with Crippen LogP contribution in [-0.2, 0) is 10.4 Å². The number of thiophene rings is 1. The molecule has 1 unspecified atom stereocenters. The molecular weight excluding hydrogens is 304 g/mol. The number of furan rings is 1. The van der Waals surface area contributed by atoms with Crippen LogP contribution in [0.15, 0.2) is 40.3 Å². The topological polar surface area (TPSA) is 91.6 Å². The third kappa shape index (κ3) is 4.44. The Morgan fingerprint density at radius 2 is 2.14 bits per heavy atom. The summed E-state index contributed by atoms with van der Waals surface area (Å²) in [6, 6.07) is 6.84. The Kier molecular flexibility index (Phi) is 5.35. The van der Waals surface area contributed by atoms with Crippen LogP contribution < -0.4 is 10.6 Å². The molecule has 2 aromatic heterocycles. The van der Waals surface area contributed by atoms with Crippen LogP contribution in [0.4, 0.5) is 0 Å². The van der Waals surface area contributed by atoms with E-state index in [1.165, 1.54) is 17.6 Å². The van der Waals surface area contributed by atoms with E-state index in [-0.39, 0.29) is 31.3 Å². The molecule has 2 heterocycles. The molecule has 0 saturated carbocycles. The van der Waals surface area contributed by atoms with Crippen molar-refractivity contribution in [3.8, 4) is 0 Å². The highest BCUT2D eigenvalue weighted by atomic mass is 32.1. The maximum Gasteiger partial charge on any atom is 0.261 e. The monoisotopic (exact) mass is 322 g/mol. The molecule has 0 fully saturated rings. The molecule has 0 aromatic carbocycles. The second kappa shape index (κ2) is 7.24. The summed E-state index contributed by atoms with van der Waals surface area (Å²) >= 11 is 1.35. The first kappa shape index (κ1) is 16.3. The van der Waals surface area contributed by atoms with Gasteiger partial charge in [-0.2, -0.15) is 0 Å². The first-order valence-corrected chi connectivity index (χ1v) is 7.72. The fraction of sp³-hybridized carbons (Fsp3) is 0.333. The SMILES string of the molecule is CC(O)(CNC(=O)CCNC(=O)c1cccs1)c1ccco1. The van der Waals surface area contributed by atoms with E-state index in [4.69, 9.17) is 4.42 Å². The normalized spacial score (nSPS) is 13.4. The van der Waals surface area contributed by atoms with Gasteiger partial charge >= 0.3 is 0 Å². The summed E-state index contributed by atoms with van der Waals surface area (Å²) in [7, 11) is 0. The summed E-state index contributed by atoms with van der Waals surface area (Å²) in [4.78, 5) is 24.0. The zero-order valence-electron chi connectivity index (χ0n) is 12.2. The number of hydrogen-bond acceptors (Lipinski definition) is 5. The fourth-order valence-corrected chi connectivity index (χ4v) is 2.46. The first-order valence-electron chi connectivity index (χ1n) is 6.84. The molecular formula is C15H18N2O4S. The van der Waals surface area contributed by atoms with E-state index in [9.17, 15) is 14.7 Å². The third-order valence-electron chi connectivity index (χ3n) is 3.06. The standard InChI is InChI=1S/C15H18N2O4S/c1-15(20,12-5-2-8-21-12)10-17-13(18)6-7-16-14(19)11-4-3-9-22-11/h2-5,8-9,20H,6-7,10H2,1H3,(H,16,19)(H,17,18). The highest BCUT2D eigenvalue weighted by Crippen LogP contribution is 2.19. The van der Waals surface area contributed by atoms with Crippen molar-refractivity contribution in [2.75, 3.05) is 13.1 Å². The molecule has 7 heteroatoms. The van der Waals surface area contributed by atoms with Gasteiger partial charge in [0.2, 0.25) is 5.91 Å². The molecule has 0 aliphatic carbocycles. The van der Waals surface area contributed by atoms with Crippen LogP contribution in [0.5, 0.6) is 0 Å². The number of amides is 2. The Hall–Kier alpha value is -2.12. The van der Waals surface area contributed by atoms with E-state index in [0.29, 0.717) is 10.6 Å². The molecule has 0 spiro atoms. The van der Waals surface area contributed by atoms with Crippen molar-refractivity contribution in [1.29, 1.82) is 0 Å². The van der Waals surface area contributed by atoms with E-state index in [1.54, 1.807) is 31.2 Å². The average molecular weight is 322 g/mol. The second-order valence-electron chi connectivity index (χ2n) is 5.01. The van der Waals surface area contributed by atoms with Gasteiger partial charge in [-0.1, -0.05) is 6.07 Å². The Bertz CT molecular complexity index is 606. The van der Waals surface area contributed by atoms with Gasteiger partial charge in [0.15, 0.2) is 0 Å². The van der Waals surface area contributed by atoms with E-state index in [0.717, 1.165) is 0 Å². The highest BCUT2D eigenvalue weighted by molar-refractivity contribution is 7.12. The molecule has 1 atom stereocenters. The summed E-state index contributed by atoms with van der Waals surface area (Å²) in [5.74, 6) is -0.0532. The first-order chi connectivity index (χ1) is 10.5. The van der Waals surface area contributed by atoms with E-state index < -0.39 is 5.60 Å². The van der Waals surface area contributed by atoms with Gasteiger partial charge in [-0.25, -0.2) is 0 Å². The van der Waals surface area contributed by atoms with Crippen molar-refractivity contribution in [1.82, 2.24) is 10.6 Å². The van der Waals surface area contributed by atoms with Crippen molar-refractivity contribution in [3.63, 3.8) is 0 Å². The van der Waals surface area contributed by atoms with Gasteiger partial charge in [-0.3, -0.25) is 9.59 Å². The van der Waals surface area contributed by atoms with E-state index >= 15 is 0 Å². The van der Waals surface area contributed by atoms with Crippen LogP contribution in [0.1, 0.15) is 28.8 Å². The van der Waals surface area contributed by atoms with Crippen molar-refractivity contribution in [3.05, 3.63) is 46.5 Å². The smallest absolute Gasteiger partial charge is 0.261 e. The molecule has 2 amide bonds. The minimum atomic E-state index is -1.26. The van der Waals surface area contributed by atoms with Crippen LogP contribution in [0, 0.1) is 0 Å². The van der Waals surface area contributed by atoms with Crippen LogP contribution in [0.25, 0.3) is 0 Å². The maximum absolute atomic E-state index is 11.7. The lowest BCUT2D eigenvalue weighted by Gasteiger charge is -2.21. The number of carbonyl (C=O) groups excluding carboxylic acids is 2. The number of rotatable bonds is 7. The van der Waals surface area contributed by atoms with Gasteiger partial charge < -0.3 is 20.2 Å². The van der Waals surface area contributed by atoms with Gasteiger partial charge in [0.05, 0.1) is 17.7 Å². The molecule has 3 N–H and O–H groups in total. The zero-order valence-corrected chi connectivity index (χ0v) is 13.0. The largest absolute Gasteiger partial charge is 0.466 e. The van der Waals surface area contributed by atoms with Crippen LogP contribution in [0.2, 0.25) is 0 Å². The Morgan fingerprint density at radius 3 is 2.77 bits per heavy atom. The van der Waals surface area contributed by atoms with Gasteiger partial charge in [-0.05, 0) is 30.5 Å². The maximum atomic E-state index is 11.7.